The molecule has 21 heavy (non-hydrogen) atoms. The Balaban J connectivity index is 2.02. The van der Waals surface area contributed by atoms with E-state index in [1.807, 2.05) is 49.4 Å². The van der Waals surface area contributed by atoms with Crippen LogP contribution < -0.4 is 10.6 Å². The zero-order valence-electron chi connectivity index (χ0n) is 12.2. The fourth-order valence-electron chi connectivity index (χ4n) is 2.13. The summed E-state index contributed by atoms with van der Waals surface area (Å²) < 4.78 is 1.01. The topological polar surface area (TPSA) is 41.1 Å². The monoisotopic (exact) mass is 346 g/mol. The Morgan fingerprint density at radius 2 is 2.00 bits per heavy atom. The fraction of sp³-hybridized carbons (Fsp3) is 0.235. The number of carbonyl (C=O) groups excluding carboxylic acids is 1. The van der Waals surface area contributed by atoms with Crippen molar-refractivity contribution in [3.05, 3.63) is 63.6 Å². The summed E-state index contributed by atoms with van der Waals surface area (Å²) in [6.45, 7) is 5.45. The van der Waals surface area contributed by atoms with Crippen LogP contribution in [0.1, 0.15) is 28.4 Å². The normalized spacial score (nSPS) is 10.2. The van der Waals surface area contributed by atoms with E-state index in [-0.39, 0.29) is 5.91 Å². The van der Waals surface area contributed by atoms with E-state index in [1.54, 1.807) is 0 Å². The SMILES string of the molecule is CCNc1ccc(C(=O)NCc2cccc(Br)c2)cc1C. The van der Waals surface area contributed by atoms with Gasteiger partial charge >= 0.3 is 0 Å². The molecule has 2 rings (SSSR count). The van der Waals surface area contributed by atoms with Crippen LogP contribution >= 0.6 is 15.9 Å². The first-order valence-electron chi connectivity index (χ1n) is 6.97. The molecule has 0 aliphatic rings. The maximum atomic E-state index is 12.2. The van der Waals surface area contributed by atoms with Crippen LogP contribution in [0, 0.1) is 6.92 Å². The number of rotatable bonds is 5. The van der Waals surface area contributed by atoms with Gasteiger partial charge in [-0.1, -0.05) is 28.1 Å². The molecular weight excluding hydrogens is 328 g/mol. The summed E-state index contributed by atoms with van der Waals surface area (Å²) in [5, 5.41) is 6.21. The number of hydrogen-bond acceptors (Lipinski definition) is 2. The van der Waals surface area contributed by atoms with Crippen molar-refractivity contribution in [1.29, 1.82) is 0 Å². The minimum absolute atomic E-state index is 0.0545. The molecule has 0 spiro atoms. The fourth-order valence-corrected chi connectivity index (χ4v) is 2.57. The molecule has 0 heterocycles. The van der Waals surface area contributed by atoms with Crippen LogP contribution in [0.3, 0.4) is 0 Å². The number of halogens is 1. The van der Waals surface area contributed by atoms with E-state index in [9.17, 15) is 4.79 Å². The molecule has 2 aromatic carbocycles. The van der Waals surface area contributed by atoms with E-state index in [0.29, 0.717) is 12.1 Å². The Morgan fingerprint density at radius 3 is 2.67 bits per heavy atom. The number of amides is 1. The maximum Gasteiger partial charge on any atom is 0.251 e. The molecule has 3 nitrogen and oxygen atoms in total. The van der Waals surface area contributed by atoms with Crippen LogP contribution in [0.15, 0.2) is 46.9 Å². The van der Waals surface area contributed by atoms with Crippen LogP contribution in [0.4, 0.5) is 5.69 Å². The summed E-state index contributed by atoms with van der Waals surface area (Å²) >= 11 is 3.43. The summed E-state index contributed by atoms with van der Waals surface area (Å²) in [4.78, 5) is 12.2. The highest BCUT2D eigenvalue weighted by molar-refractivity contribution is 9.10. The van der Waals surface area contributed by atoms with Gasteiger partial charge in [-0.2, -0.15) is 0 Å². The van der Waals surface area contributed by atoms with Crippen molar-refractivity contribution in [1.82, 2.24) is 5.32 Å². The van der Waals surface area contributed by atoms with E-state index >= 15 is 0 Å². The highest BCUT2D eigenvalue weighted by Crippen LogP contribution is 2.16. The molecule has 0 saturated carbocycles. The van der Waals surface area contributed by atoms with E-state index in [1.165, 1.54) is 0 Å². The average molecular weight is 347 g/mol. The Labute approximate surface area is 133 Å². The van der Waals surface area contributed by atoms with Crippen molar-refractivity contribution in [2.75, 3.05) is 11.9 Å². The van der Waals surface area contributed by atoms with Crippen molar-refractivity contribution in [3.63, 3.8) is 0 Å². The Morgan fingerprint density at radius 1 is 1.19 bits per heavy atom. The molecule has 0 unspecified atom stereocenters. The molecule has 4 heteroatoms. The van der Waals surface area contributed by atoms with E-state index in [4.69, 9.17) is 0 Å². The summed E-state index contributed by atoms with van der Waals surface area (Å²) in [6.07, 6.45) is 0. The molecule has 2 aromatic rings. The number of benzene rings is 2. The molecule has 0 saturated heterocycles. The maximum absolute atomic E-state index is 12.2. The minimum atomic E-state index is -0.0545. The first-order chi connectivity index (χ1) is 10.1. The van der Waals surface area contributed by atoms with Gasteiger partial charge in [0.15, 0.2) is 0 Å². The van der Waals surface area contributed by atoms with Gasteiger partial charge in [0.25, 0.3) is 5.91 Å². The third kappa shape index (κ3) is 4.33. The van der Waals surface area contributed by atoms with Gasteiger partial charge < -0.3 is 10.6 Å². The average Bonchev–Trinajstić information content (AvgIpc) is 2.47. The lowest BCUT2D eigenvalue weighted by atomic mass is 10.1. The third-order valence-corrected chi connectivity index (χ3v) is 3.69. The minimum Gasteiger partial charge on any atom is -0.385 e. The van der Waals surface area contributed by atoms with Crippen molar-refractivity contribution >= 4 is 27.5 Å². The van der Waals surface area contributed by atoms with Crippen LogP contribution in [0.2, 0.25) is 0 Å². The summed E-state index contributed by atoms with van der Waals surface area (Å²) in [5.41, 5.74) is 3.90. The van der Waals surface area contributed by atoms with Gasteiger partial charge in [0.1, 0.15) is 0 Å². The smallest absolute Gasteiger partial charge is 0.251 e. The van der Waals surface area contributed by atoms with Gasteiger partial charge in [0, 0.05) is 28.8 Å². The van der Waals surface area contributed by atoms with Crippen LogP contribution in [-0.2, 0) is 6.54 Å². The summed E-state index contributed by atoms with van der Waals surface area (Å²) in [5.74, 6) is -0.0545. The van der Waals surface area contributed by atoms with Crippen molar-refractivity contribution in [3.8, 4) is 0 Å². The van der Waals surface area contributed by atoms with Gasteiger partial charge in [0.05, 0.1) is 0 Å². The molecule has 0 bridgehead atoms. The molecular formula is C17H19BrN2O. The number of nitrogens with one attached hydrogen (secondary N) is 2. The highest BCUT2D eigenvalue weighted by Gasteiger charge is 2.07. The lowest BCUT2D eigenvalue weighted by Gasteiger charge is -2.10. The van der Waals surface area contributed by atoms with Crippen LogP contribution in [0.5, 0.6) is 0 Å². The Hall–Kier alpha value is -1.81. The molecule has 0 aliphatic carbocycles. The molecule has 0 atom stereocenters. The van der Waals surface area contributed by atoms with Gasteiger partial charge in [-0.25, -0.2) is 0 Å². The lowest BCUT2D eigenvalue weighted by Crippen LogP contribution is -2.22. The second-order valence-electron chi connectivity index (χ2n) is 4.87. The first kappa shape index (κ1) is 15.6. The van der Waals surface area contributed by atoms with Crippen molar-refractivity contribution in [2.45, 2.75) is 20.4 Å². The molecule has 2 N–H and O–H groups in total. The second-order valence-corrected chi connectivity index (χ2v) is 5.79. The Bertz CT molecular complexity index is 640. The Kier molecular flexibility index (Phi) is 5.39. The van der Waals surface area contributed by atoms with Gasteiger partial charge in [-0.15, -0.1) is 0 Å². The largest absolute Gasteiger partial charge is 0.385 e. The third-order valence-electron chi connectivity index (χ3n) is 3.20. The number of hydrogen-bond donors (Lipinski definition) is 2. The van der Waals surface area contributed by atoms with Crippen molar-refractivity contribution < 1.29 is 4.79 Å². The number of anilines is 1. The van der Waals surface area contributed by atoms with Crippen LogP contribution in [-0.4, -0.2) is 12.5 Å². The first-order valence-corrected chi connectivity index (χ1v) is 7.76. The summed E-state index contributed by atoms with van der Waals surface area (Å²) in [7, 11) is 0. The number of aryl methyl sites for hydroxylation is 1. The van der Waals surface area contributed by atoms with Gasteiger partial charge in [-0.05, 0) is 55.3 Å². The zero-order valence-corrected chi connectivity index (χ0v) is 13.8. The quantitative estimate of drug-likeness (QED) is 0.854. The van der Waals surface area contributed by atoms with Gasteiger partial charge in [0.2, 0.25) is 0 Å². The van der Waals surface area contributed by atoms with Gasteiger partial charge in [-0.3, -0.25) is 4.79 Å². The van der Waals surface area contributed by atoms with E-state index in [2.05, 4.69) is 33.5 Å². The molecule has 1 amide bonds. The van der Waals surface area contributed by atoms with E-state index < -0.39 is 0 Å². The summed E-state index contributed by atoms with van der Waals surface area (Å²) in [6, 6.07) is 13.6. The van der Waals surface area contributed by atoms with Crippen molar-refractivity contribution in [2.24, 2.45) is 0 Å². The molecule has 0 aromatic heterocycles. The second kappa shape index (κ2) is 7.27. The highest BCUT2D eigenvalue weighted by atomic mass is 79.9. The molecule has 0 aliphatic heterocycles. The predicted molar refractivity (Wildman–Crippen MR) is 90.7 cm³/mol. The number of carbonyl (C=O) groups is 1. The van der Waals surface area contributed by atoms with E-state index in [0.717, 1.165) is 27.8 Å². The molecule has 0 radical (unpaired) electrons. The lowest BCUT2D eigenvalue weighted by molar-refractivity contribution is 0.0951. The zero-order chi connectivity index (χ0) is 15.2. The standard InChI is InChI=1S/C17H19BrN2O/c1-3-19-16-8-7-14(9-12(16)2)17(21)20-11-13-5-4-6-15(18)10-13/h4-10,19H,3,11H2,1-2H3,(H,20,21). The molecule has 110 valence electrons. The molecule has 0 fully saturated rings. The van der Waals surface area contributed by atoms with Crippen LogP contribution in [0.25, 0.3) is 0 Å². The predicted octanol–water partition coefficient (Wildman–Crippen LogP) is 4.12.